The molecule has 42 heavy (non-hydrogen) atoms. The van der Waals surface area contributed by atoms with Gasteiger partial charge in [0, 0.05) is 29.4 Å². The van der Waals surface area contributed by atoms with Crippen molar-refractivity contribution in [3.8, 4) is 0 Å². The van der Waals surface area contributed by atoms with Crippen LogP contribution in [0.25, 0.3) is 11.6 Å². The molecule has 2 aliphatic rings. The van der Waals surface area contributed by atoms with Crippen LogP contribution in [-0.4, -0.2) is 31.8 Å². The van der Waals surface area contributed by atoms with Crippen molar-refractivity contribution in [2.24, 2.45) is 5.73 Å². The highest BCUT2D eigenvalue weighted by atomic mass is 16.1. The smallest absolute Gasteiger partial charge is 0.228 e. The van der Waals surface area contributed by atoms with Crippen LogP contribution in [0.15, 0.2) is 84.9 Å². The molecule has 0 aliphatic heterocycles. The second-order valence-corrected chi connectivity index (χ2v) is 11.0. The molecular weight excluding hydrogens is 520 g/mol. The summed E-state index contributed by atoms with van der Waals surface area (Å²) in [6.45, 7) is 0.389. The lowest BCUT2D eigenvalue weighted by Crippen LogP contribution is -2.40. The summed E-state index contributed by atoms with van der Waals surface area (Å²) in [4.78, 5) is 26.8. The number of hydrogen-bond donors (Lipinski definition) is 4. The fourth-order valence-corrected chi connectivity index (χ4v) is 6.51. The monoisotopic (exact) mass is 556 g/mol. The fraction of sp³-hybridized carbons (Fsp3) is 0.222. The number of ketones is 1. The number of benzene rings is 4. The first-order valence-electron chi connectivity index (χ1n) is 14.6. The maximum atomic E-state index is 14.1. The van der Waals surface area contributed by atoms with Crippen LogP contribution in [0.1, 0.15) is 45.1 Å². The maximum absolute atomic E-state index is 14.1. The Morgan fingerprint density at radius 3 is 2.26 bits per heavy atom. The van der Waals surface area contributed by atoms with Crippen LogP contribution < -0.4 is 32.1 Å². The van der Waals surface area contributed by atoms with Gasteiger partial charge in [0.15, 0.2) is 5.78 Å². The molecule has 2 aliphatic carbocycles. The number of rotatable bonds is 8. The number of hydrogen-bond acceptors (Lipinski definition) is 5. The lowest BCUT2D eigenvalue weighted by Gasteiger charge is -2.29. The van der Waals surface area contributed by atoms with Crippen LogP contribution in [0.2, 0.25) is 0 Å². The van der Waals surface area contributed by atoms with Gasteiger partial charge in [0.05, 0.1) is 12.5 Å². The molecule has 212 valence electrons. The van der Waals surface area contributed by atoms with E-state index in [1.165, 1.54) is 26.8 Å². The van der Waals surface area contributed by atoms with Gasteiger partial charge in [0.25, 0.3) is 0 Å². The Morgan fingerprint density at radius 2 is 1.52 bits per heavy atom. The molecule has 6 rings (SSSR count). The minimum atomic E-state index is -0.122. The number of fused-ring (bicyclic) bond motifs is 4. The van der Waals surface area contributed by atoms with E-state index in [1.807, 2.05) is 38.4 Å². The molecule has 1 amide bonds. The Hall–Kier alpha value is -4.36. The molecule has 0 radical (unpaired) electrons. The first-order chi connectivity index (χ1) is 20.5. The Morgan fingerprint density at radius 1 is 0.810 bits per heavy atom. The summed E-state index contributed by atoms with van der Waals surface area (Å²) in [6.07, 6.45) is 4.27. The van der Waals surface area contributed by atoms with E-state index in [1.54, 1.807) is 24.3 Å². The van der Waals surface area contributed by atoms with E-state index in [9.17, 15) is 9.59 Å². The first kappa shape index (κ1) is 27.8. The highest BCUT2D eigenvalue weighted by molar-refractivity contribution is 6.25. The second kappa shape index (κ2) is 11.9. The molecule has 0 bridgehead atoms. The van der Waals surface area contributed by atoms with E-state index in [0.717, 1.165) is 34.8 Å². The zero-order valence-electron chi connectivity index (χ0n) is 24.0. The molecule has 0 spiro atoms. The average Bonchev–Trinajstić information content (AvgIpc) is 3.03. The molecule has 0 heterocycles. The van der Waals surface area contributed by atoms with E-state index in [4.69, 9.17) is 5.73 Å². The number of Topliss-reactive ketones (excluding diaryl/α,β-unsaturated/α-hetero) is 1. The molecule has 4 aromatic rings. The molecule has 0 aromatic heterocycles. The molecule has 6 nitrogen and oxygen atoms in total. The van der Waals surface area contributed by atoms with E-state index < -0.39 is 0 Å². The normalized spacial score (nSPS) is 17.0. The Bertz CT molecular complexity index is 1900. The maximum Gasteiger partial charge on any atom is 0.228 e. The van der Waals surface area contributed by atoms with Crippen LogP contribution in [0.4, 0.5) is 5.69 Å². The van der Waals surface area contributed by atoms with Crippen molar-refractivity contribution in [3.63, 3.8) is 0 Å². The van der Waals surface area contributed by atoms with Gasteiger partial charge in [-0.15, -0.1) is 0 Å². The van der Waals surface area contributed by atoms with E-state index in [2.05, 4.69) is 58.4 Å². The Balaban J connectivity index is 1.35. The van der Waals surface area contributed by atoms with Crippen LogP contribution in [0.5, 0.6) is 0 Å². The van der Waals surface area contributed by atoms with E-state index >= 15 is 0 Å². The van der Waals surface area contributed by atoms with Crippen molar-refractivity contribution < 1.29 is 9.59 Å². The summed E-state index contributed by atoms with van der Waals surface area (Å²) >= 11 is 0. The predicted molar refractivity (Wildman–Crippen MR) is 168 cm³/mol. The van der Waals surface area contributed by atoms with Crippen LogP contribution in [-0.2, 0) is 24.2 Å². The highest BCUT2D eigenvalue weighted by Crippen LogP contribution is 2.28. The van der Waals surface area contributed by atoms with Gasteiger partial charge in [0.2, 0.25) is 5.91 Å². The van der Waals surface area contributed by atoms with E-state index in [0.29, 0.717) is 17.8 Å². The SMILES string of the molecule is CNC1CCc2c3c(ccc2=C1C(=O)c1ccc(NC(=O)Cc2ccccc2CN)cc1)=c1ccccc1=CC3NC. The van der Waals surface area contributed by atoms with E-state index in [-0.39, 0.29) is 30.2 Å². The number of amides is 1. The largest absolute Gasteiger partial charge is 0.326 e. The van der Waals surface area contributed by atoms with Crippen molar-refractivity contribution in [3.05, 3.63) is 134 Å². The number of nitrogens with one attached hydrogen (secondary N) is 3. The molecule has 0 saturated heterocycles. The third-order valence-corrected chi connectivity index (χ3v) is 8.61. The first-order valence-corrected chi connectivity index (χ1v) is 14.6. The van der Waals surface area contributed by atoms with Crippen LogP contribution in [0.3, 0.4) is 0 Å². The van der Waals surface area contributed by atoms with Crippen molar-refractivity contribution >= 4 is 29.0 Å². The van der Waals surface area contributed by atoms with Crippen molar-refractivity contribution in [1.82, 2.24) is 10.6 Å². The van der Waals surface area contributed by atoms with Gasteiger partial charge in [-0.2, -0.15) is 0 Å². The Kier molecular flexibility index (Phi) is 7.85. The summed E-state index contributed by atoms with van der Waals surface area (Å²) in [6, 6.07) is 27.7. The van der Waals surface area contributed by atoms with Gasteiger partial charge >= 0.3 is 0 Å². The topological polar surface area (TPSA) is 96.2 Å². The minimum absolute atomic E-state index is 0.00574. The summed E-state index contributed by atoms with van der Waals surface area (Å²) in [5.41, 5.74) is 12.3. The molecule has 4 aromatic carbocycles. The molecule has 6 heteroatoms. The fourth-order valence-electron chi connectivity index (χ4n) is 6.51. The van der Waals surface area contributed by atoms with Gasteiger partial charge < -0.3 is 21.7 Å². The highest BCUT2D eigenvalue weighted by Gasteiger charge is 2.29. The van der Waals surface area contributed by atoms with Crippen molar-refractivity contribution in [1.29, 1.82) is 0 Å². The summed E-state index contributed by atoms with van der Waals surface area (Å²) in [5, 5.41) is 14.5. The molecule has 2 atom stereocenters. The number of carbonyl (C=O) groups is 2. The lowest BCUT2D eigenvalue weighted by molar-refractivity contribution is -0.115. The third kappa shape index (κ3) is 5.09. The molecule has 0 fully saturated rings. The van der Waals surface area contributed by atoms with Gasteiger partial charge in [-0.1, -0.05) is 66.7 Å². The number of nitrogens with two attached hydrogens (primary N) is 1. The van der Waals surface area contributed by atoms with Crippen molar-refractivity contribution in [2.75, 3.05) is 19.4 Å². The standard InChI is InChI=1S/C36H36N4O2/c1-38-31-18-17-29-30(16-15-28-27-10-6-5-8-24(27)19-32(39-2)34(28)29)35(31)36(42)22-11-13-26(14-12-22)40-33(41)20-23-7-3-4-9-25(23)21-37/h3-16,19,31-32,38-39H,17-18,20-21,37H2,1-2H3,(H,40,41). The van der Waals surface area contributed by atoms with Crippen molar-refractivity contribution in [2.45, 2.75) is 37.9 Å². The summed E-state index contributed by atoms with van der Waals surface area (Å²) < 4.78 is 0. The molecular formula is C36H36N4O2. The number of anilines is 1. The minimum Gasteiger partial charge on any atom is -0.326 e. The zero-order chi connectivity index (χ0) is 29.2. The van der Waals surface area contributed by atoms with Gasteiger partial charge in [-0.25, -0.2) is 0 Å². The predicted octanol–water partition coefficient (Wildman–Crippen LogP) is 3.24. The molecule has 2 unspecified atom stereocenters. The third-order valence-electron chi connectivity index (χ3n) is 8.61. The van der Waals surface area contributed by atoms with Crippen LogP contribution in [0, 0.1) is 10.4 Å². The Labute approximate surface area is 245 Å². The second-order valence-electron chi connectivity index (χ2n) is 11.0. The summed E-state index contributed by atoms with van der Waals surface area (Å²) in [7, 11) is 3.91. The molecule has 0 saturated carbocycles. The summed E-state index contributed by atoms with van der Waals surface area (Å²) in [5.74, 6) is -0.116. The average molecular weight is 557 g/mol. The quantitative estimate of drug-likeness (QED) is 0.250. The van der Waals surface area contributed by atoms with Gasteiger partial charge in [0.1, 0.15) is 0 Å². The lowest BCUT2D eigenvalue weighted by atomic mass is 9.80. The van der Waals surface area contributed by atoms with Crippen LogP contribution >= 0.6 is 0 Å². The number of carbonyl (C=O) groups excluding carboxylic acids is 2. The molecule has 5 N–H and O–H groups in total. The zero-order valence-corrected chi connectivity index (χ0v) is 24.0. The van der Waals surface area contributed by atoms with Gasteiger partial charge in [-0.3, -0.25) is 9.59 Å². The van der Waals surface area contributed by atoms with Gasteiger partial charge in [-0.05, 0) is 94.3 Å².